The van der Waals surface area contributed by atoms with Gasteiger partial charge in [-0.3, -0.25) is 0 Å². The molecule has 4 nitrogen and oxygen atoms in total. The van der Waals surface area contributed by atoms with Crippen molar-refractivity contribution in [3.05, 3.63) is 65.2 Å². The fraction of sp³-hybridized carbons (Fsp3) is 0.316. The number of hydrogen-bond acceptors (Lipinski definition) is 3. The van der Waals surface area contributed by atoms with Gasteiger partial charge in [0, 0.05) is 12.6 Å². The molecule has 1 amide bonds. The van der Waals surface area contributed by atoms with E-state index in [9.17, 15) is 18.0 Å². The Morgan fingerprint density at radius 1 is 1.15 bits per heavy atom. The molecule has 0 radical (unpaired) electrons. The predicted molar refractivity (Wildman–Crippen MR) is 88.9 cm³/mol. The van der Waals surface area contributed by atoms with Gasteiger partial charge in [-0.05, 0) is 42.7 Å². The molecule has 0 fully saturated rings. The first kappa shape index (κ1) is 18.1. The van der Waals surface area contributed by atoms with Crippen LogP contribution in [0, 0.1) is 0 Å². The summed E-state index contributed by atoms with van der Waals surface area (Å²) in [5.41, 5.74) is 0.277. The van der Waals surface area contributed by atoms with Crippen molar-refractivity contribution in [3.63, 3.8) is 0 Å². The molecule has 1 N–H and O–H groups in total. The molecule has 26 heavy (non-hydrogen) atoms. The summed E-state index contributed by atoms with van der Waals surface area (Å²) in [6.07, 6.45) is -3.71. The van der Waals surface area contributed by atoms with E-state index >= 15 is 0 Å². The molecule has 0 saturated heterocycles. The number of carbonyl (C=O) groups excluding carboxylic acids is 1. The van der Waals surface area contributed by atoms with Crippen molar-refractivity contribution in [2.45, 2.75) is 24.6 Å². The minimum Gasteiger partial charge on any atom is -0.479 e. The van der Waals surface area contributed by atoms with Crippen molar-refractivity contribution >= 4 is 6.09 Å². The number of rotatable bonds is 4. The Morgan fingerprint density at radius 2 is 1.85 bits per heavy atom. The van der Waals surface area contributed by atoms with Crippen molar-refractivity contribution in [3.8, 4) is 5.75 Å². The second kappa shape index (κ2) is 6.90. The zero-order valence-corrected chi connectivity index (χ0v) is 14.1. The summed E-state index contributed by atoms with van der Waals surface area (Å²) >= 11 is 0. The molecule has 0 spiro atoms. The molecule has 0 heterocycles. The molecule has 1 aliphatic carbocycles. The fourth-order valence-electron chi connectivity index (χ4n) is 3.13. The molecule has 3 rings (SSSR count). The van der Waals surface area contributed by atoms with Crippen LogP contribution in [0.25, 0.3) is 0 Å². The van der Waals surface area contributed by atoms with E-state index in [4.69, 9.17) is 9.47 Å². The molecule has 0 aromatic heterocycles. The molecule has 2 aromatic rings. The Hall–Kier alpha value is -2.70. The zero-order valence-electron chi connectivity index (χ0n) is 14.1. The van der Waals surface area contributed by atoms with Gasteiger partial charge in [-0.15, -0.1) is 0 Å². The summed E-state index contributed by atoms with van der Waals surface area (Å²) in [6.45, 7) is -0.0370. The highest BCUT2D eigenvalue weighted by molar-refractivity contribution is 5.66. The van der Waals surface area contributed by atoms with Crippen molar-refractivity contribution in [1.82, 2.24) is 5.32 Å². The summed E-state index contributed by atoms with van der Waals surface area (Å²) < 4.78 is 49.5. The number of benzene rings is 2. The van der Waals surface area contributed by atoms with Gasteiger partial charge in [0.15, 0.2) is 5.60 Å². The number of fused-ring (bicyclic) bond motifs is 1. The molecule has 0 saturated carbocycles. The number of hydrogen-bond donors (Lipinski definition) is 1. The second-order valence-electron chi connectivity index (χ2n) is 6.10. The van der Waals surface area contributed by atoms with Gasteiger partial charge in [0.1, 0.15) is 12.4 Å². The van der Waals surface area contributed by atoms with E-state index in [1.807, 2.05) is 24.3 Å². The molecular formula is C19H18F3NO3. The highest BCUT2D eigenvalue weighted by Crippen LogP contribution is 2.41. The van der Waals surface area contributed by atoms with Crippen LogP contribution in [0.4, 0.5) is 18.0 Å². The molecule has 7 heteroatoms. The third-order valence-electron chi connectivity index (χ3n) is 4.44. The van der Waals surface area contributed by atoms with Gasteiger partial charge in [0.2, 0.25) is 0 Å². The van der Waals surface area contributed by atoms with Crippen LogP contribution in [0.5, 0.6) is 5.75 Å². The lowest BCUT2D eigenvalue weighted by Gasteiger charge is -2.31. The molecule has 0 bridgehead atoms. The second-order valence-corrected chi connectivity index (χ2v) is 6.10. The highest BCUT2D eigenvalue weighted by atomic mass is 19.4. The monoisotopic (exact) mass is 365 g/mol. The summed E-state index contributed by atoms with van der Waals surface area (Å²) in [5, 5.41) is 2.38. The highest BCUT2D eigenvalue weighted by Gasteiger charge is 2.42. The Morgan fingerprint density at radius 3 is 2.50 bits per heavy atom. The van der Waals surface area contributed by atoms with Crippen molar-refractivity contribution in [1.29, 1.82) is 0 Å². The third-order valence-corrected chi connectivity index (χ3v) is 4.44. The Balaban J connectivity index is 1.89. The smallest absolute Gasteiger partial charge is 0.416 e. The molecule has 138 valence electrons. The van der Waals surface area contributed by atoms with Gasteiger partial charge in [0.25, 0.3) is 0 Å². The summed E-state index contributed by atoms with van der Waals surface area (Å²) in [6, 6.07) is 12.1. The number of nitrogens with one attached hydrogen (secondary N) is 1. The summed E-state index contributed by atoms with van der Waals surface area (Å²) in [7, 11) is 1.45. The van der Waals surface area contributed by atoms with Crippen molar-refractivity contribution in [2.75, 3.05) is 13.7 Å². The number of alkyl halides is 3. The minimum atomic E-state index is -4.40. The largest absolute Gasteiger partial charge is 0.479 e. The van der Waals surface area contributed by atoms with E-state index in [1.54, 1.807) is 0 Å². The Bertz CT molecular complexity index is 789. The number of ether oxygens (including phenoxy) is 2. The number of aryl methyl sites for hydroxylation is 1. The lowest BCUT2D eigenvalue weighted by molar-refractivity contribution is -0.137. The van der Waals surface area contributed by atoms with E-state index in [-0.39, 0.29) is 12.4 Å². The molecular weight excluding hydrogens is 347 g/mol. The topological polar surface area (TPSA) is 47.6 Å². The Labute approximate surface area is 148 Å². The molecule has 1 atom stereocenters. The predicted octanol–water partition coefficient (Wildman–Crippen LogP) is 4.28. The van der Waals surface area contributed by atoms with E-state index in [0.29, 0.717) is 6.42 Å². The standard InChI is InChI=1S/C19H18F3NO3/c1-23-17(24)25-12-18(11-10-13-4-2-3-5-16(13)18)26-15-8-6-14(7-9-15)19(20,21)22/h2-9H,10-12H2,1H3,(H,23,24). The van der Waals surface area contributed by atoms with Gasteiger partial charge in [0.05, 0.1) is 5.56 Å². The zero-order chi connectivity index (χ0) is 18.8. The van der Waals surface area contributed by atoms with Crippen LogP contribution in [0.3, 0.4) is 0 Å². The Kier molecular flexibility index (Phi) is 4.80. The van der Waals surface area contributed by atoms with E-state index in [2.05, 4.69) is 5.32 Å². The number of halogens is 3. The van der Waals surface area contributed by atoms with E-state index in [0.717, 1.165) is 29.7 Å². The van der Waals surface area contributed by atoms with Crippen LogP contribution >= 0.6 is 0 Å². The van der Waals surface area contributed by atoms with Gasteiger partial charge in [-0.25, -0.2) is 4.79 Å². The quantitative estimate of drug-likeness (QED) is 0.880. The van der Waals surface area contributed by atoms with E-state index < -0.39 is 23.4 Å². The molecule has 2 aromatic carbocycles. The van der Waals surface area contributed by atoms with Crippen LogP contribution in [0.2, 0.25) is 0 Å². The first-order valence-electron chi connectivity index (χ1n) is 8.13. The van der Waals surface area contributed by atoms with Gasteiger partial charge >= 0.3 is 12.3 Å². The maximum absolute atomic E-state index is 12.7. The van der Waals surface area contributed by atoms with Crippen LogP contribution in [0.15, 0.2) is 48.5 Å². The minimum absolute atomic E-state index is 0.0370. The normalized spacial score (nSPS) is 18.9. The lowest BCUT2D eigenvalue weighted by atomic mass is 9.96. The van der Waals surface area contributed by atoms with Gasteiger partial charge in [-0.2, -0.15) is 13.2 Å². The van der Waals surface area contributed by atoms with Crippen molar-refractivity contribution in [2.24, 2.45) is 0 Å². The molecule has 0 aliphatic heterocycles. The van der Waals surface area contributed by atoms with Crippen LogP contribution in [-0.4, -0.2) is 19.7 Å². The third kappa shape index (κ3) is 3.61. The fourth-order valence-corrected chi connectivity index (χ4v) is 3.13. The average molecular weight is 365 g/mol. The number of amides is 1. The lowest BCUT2D eigenvalue weighted by Crippen LogP contribution is -2.38. The molecule has 1 aliphatic rings. The molecule has 1 unspecified atom stereocenters. The van der Waals surface area contributed by atoms with Gasteiger partial charge < -0.3 is 14.8 Å². The average Bonchev–Trinajstić information content (AvgIpc) is 2.98. The van der Waals surface area contributed by atoms with Crippen LogP contribution in [0.1, 0.15) is 23.1 Å². The number of carbonyl (C=O) groups is 1. The van der Waals surface area contributed by atoms with E-state index in [1.165, 1.54) is 19.2 Å². The number of alkyl carbamates (subject to hydrolysis) is 1. The van der Waals surface area contributed by atoms with Crippen LogP contribution in [-0.2, 0) is 22.9 Å². The SMILES string of the molecule is CNC(=O)OCC1(Oc2ccc(C(F)(F)F)cc2)CCc2ccccc21. The summed E-state index contributed by atoms with van der Waals surface area (Å²) in [4.78, 5) is 11.5. The first-order valence-corrected chi connectivity index (χ1v) is 8.13. The maximum atomic E-state index is 12.7. The maximum Gasteiger partial charge on any atom is 0.416 e. The van der Waals surface area contributed by atoms with Crippen LogP contribution < -0.4 is 10.1 Å². The summed E-state index contributed by atoms with van der Waals surface area (Å²) in [5.74, 6) is 0.287. The van der Waals surface area contributed by atoms with Gasteiger partial charge in [-0.1, -0.05) is 24.3 Å². The van der Waals surface area contributed by atoms with Crippen molar-refractivity contribution < 1.29 is 27.4 Å². The first-order chi connectivity index (χ1) is 12.3.